The molecule has 2 atom stereocenters. The Hall–Kier alpha value is -0.770. The summed E-state index contributed by atoms with van der Waals surface area (Å²) < 4.78 is 0. The number of ketones is 1. The normalized spacial score (nSPS) is 27.6. The van der Waals surface area contributed by atoms with E-state index in [2.05, 4.69) is 12.8 Å². The fourth-order valence-corrected chi connectivity index (χ4v) is 1.47. The van der Waals surface area contributed by atoms with Gasteiger partial charge >= 0.3 is 0 Å². The summed E-state index contributed by atoms with van der Waals surface area (Å²) in [5.74, 6) is 3.93. The van der Waals surface area contributed by atoms with Gasteiger partial charge in [-0.15, -0.1) is 12.3 Å². The summed E-state index contributed by atoms with van der Waals surface area (Å²) in [5.41, 5.74) is 0. The van der Waals surface area contributed by atoms with Crippen molar-refractivity contribution >= 4 is 5.78 Å². The van der Waals surface area contributed by atoms with Crippen LogP contribution in [0.5, 0.6) is 0 Å². The molecule has 1 fully saturated rings. The van der Waals surface area contributed by atoms with Gasteiger partial charge in [-0.3, -0.25) is 4.79 Å². The number of carbonyl (C=O) groups excluding carboxylic acids is 1. The molecule has 0 amide bonds. The summed E-state index contributed by atoms with van der Waals surface area (Å²) in [5, 5.41) is 0. The van der Waals surface area contributed by atoms with Gasteiger partial charge in [0.15, 0.2) is 0 Å². The zero-order valence-corrected chi connectivity index (χ0v) is 6.97. The first-order chi connectivity index (χ1) is 5.29. The van der Waals surface area contributed by atoms with Gasteiger partial charge in [-0.1, -0.05) is 13.3 Å². The molecule has 0 heterocycles. The molecule has 0 N–H and O–H groups in total. The minimum atomic E-state index is 0.369. The van der Waals surface area contributed by atoms with Crippen LogP contribution >= 0.6 is 0 Å². The van der Waals surface area contributed by atoms with Gasteiger partial charge in [0.05, 0.1) is 0 Å². The number of terminal acetylenes is 1. The molecule has 0 aliphatic heterocycles. The summed E-state index contributed by atoms with van der Waals surface area (Å²) in [6.45, 7) is 2.14. The first kappa shape index (κ1) is 8.33. The van der Waals surface area contributed by atoms with Crippen molar-refractivity contribution in [3.05, 3.63) is 0 Å². The number of rotatable bonds is 4. The van der Waals surface area contributed by atoms with Gasteiger partial charge in [0, 0.05) is 18.8 Å². The predicted octanol–water partition coefficient (Wildman–Crippen LogP) is 2.01. The summed E-state index contributed by atoms with van der Waals surface area (Å²) in [4.78, 5) is 11.2. The lowest BCUT2D eigenvalue weighted by atomic mass is 10.1. The average molecular weight is 150 g/mol. The molecule has 0 aromatic carbocycles. The highest BCUT2D eigenvalue weighted by atomic mass is 16.1. The van der Waals surface area contributed by atoms with Crippen LogP contribution < -0.4 is 0 Å². The summed E-state index contributed by atoms with van der Waals surface area (Å²) in [6.07, 6.45) is 8.53. The molecule has 0 spiro atoms. The Labute approximate surface area is 68.2 Å². The van der Waals surface area contributed by atoms with Crippen LogP contribution in [0.15, 0.2) is 0 Å². The molecule has 0 aromatic rings. The van der Waals surface area contributed by atoms with Gasteiger partial charge in [-0.2, -0.15) is 0 Å². The summed E-state index contributed by atoms with van der Waals surface area (Å²) in [7, 11) is 0. The number of hydrogen-bond acceptors (Lipinski definition) is 1. The van der Waals surface area contributed by atoms with Crippen molar-refractivity contribution in [2.45, 2.75) is 32.6 Å². The Morgan fingerprint density at radius 1 is 1.73 bits per heavy atom. The lowest BCUT2D eigenvalue weighted by molar-refractivity contribution is -0.120. The molecular weight excluding hydrogens is 136 g/mol. The first-order valence-electron chi connectivity index (χ1n) is 4.25. The minimum Gasteiger partial charge on any atom is -0.299 e. The van der Waals surface area contributed by atoms with E-state index in [1.165, 1.54) is 0 Å². The van der Waals surface area contributed by atoms with Crippen LogP contribution in [0.4, 0.5) is 0 Å². The number of hydrogen-bond donors (Lipinski definition) is 0. The SMILES string of the molecule is C#CCCC(=O)[C@@H]1C[C@H]1CC. The molecule has 1 nitrogen and oxygen atoms in total. The van der Waals surface area contributed by atoms with Gasteiger partial charge < -0.3 is 0 Å². The highest BCUT2D eigenvalue weighted by Crippen LogP contribution is 2.42. The lowest BCUT2D eigenvalue weighted by Crippen LogP contribution is -2.01. The van der Waals surface area contributed by atoms with Crippen LogP contribution in [-0.2, 0) is 4.79 Å². The molecule has 0 bridgehead atoms. The number of carbonyl (C=O) groups is 1. The third-order valence-electron chi connectivity index (χ3n) is 2.38. The van der Waals surface area contributed by atoms with Crippen molar-refractivity contribution in [1.82, 2.24) is 0 Å². The second kappa shape index (κ2) is 3.57. The standard InChI is InChI=1S/C10H14O/c1-3-5-6-10(11)9-7-8(9)4-2/h1,8-9H,4-7H2,2H3/t8-,9-/m1/s1. The van der Waals surface area contributed by atoms with Crippen molar-refractivity contribution in [3.63, 3.8) is 0 Å². The van der Waals surface area contributed by atoms with Gasteiger partial charge in [0.25, 0.3) is 0 Å². The topological polar surface area (TPSA) is 17.1 Å². The molecule has 1 aliphatic carbocycles. The van der Waals surface area contributed by atoms with Crippen molar-refractivity contribution in [2.24, 2.45) is 11.8 Å². The van der Waals surface area contributed by atoms with Gasteiger partial charge in [-0.25, -0.2) is 0 Å². The third kappa shape index (κ3) is 2.08. The Kier molecular flexibility index (Phi) is 2.70. The smallest absolute Gasteiger partial charge is 0.137 e. The third-order valence-corrected chi connectivity index (χ3v) is 2.38. The Balaban J connectivity index is 2.18. The lowest BCUT2D eigenvalue weighted by Gasteiger charge is -1.93. The van der Waals surface area contributed by atoms with Gasteiger partial charge in [0.2, 0.25) is 0 Å². The summed E-state index contributed by atoms with van der Waals surface area (Å²) in [6, 6.07) is 0. The van der Waals surface area contributed by atoms with Crippen LogP contribution in [0.3, 0.4) is 0 Å². The van der Waals surface area contributed by atoms with Crippen LogP contribution in [-0.4, -0.2) is 5.78 Å². The highest BCUT2D eigenvalue weighted by molar-refractivity contribution is 5.83. The van der Waals surface area contributed by atoms with E-state index in [1.807, 2.05) is 0 Å². The zero-order chi connectivity index (χ0) is 8.27. The average Bonchev–Trinajstić information content (AvgIpc) is 2.78. The van der Waals surface area contributed by atoms with Crippen molar-refractivity contribution < 1.29 is 4.79 Å². The van der Waals surface area contributed by atoms with Crippen LogP contribution in [0, 0.1) is 24.2 Å². The summed E-state index contributed by atoms with van der Waals surface area (Å²) >= 11 is 0. The molecule has 0 saturated heterocycles. The van der Waals surface area contributed by atoms with E-state index in [9.17, 15) is 4.79 Å². The van der Waals surface area contributed by atoms with E-state index in [0.29, 0.717) is 30.5 Å². The minimum absolute atomic E-state index is 0.369. The van der Waals surface area contributed by atoms with Crippen LogP contribution in [0.25, 0.3) is 0 Å². The van der Waals surface area contributed by atoms with E-state index >= 15 is 0 Å². The van der Waals surface area contributed by atoms with Crippen molar-refractivity contribution in [2.75, 3.05) is 0 Å². The van der Waals surface area contributed by atoms with E-state index in [4.69, 9.17) is 6.42 Å². The Morgan fingerprint density at radius 3 is 2.91 bits per heavy atom. The molecule has 1 aliphatic rings. The molecule has 11 heavy (non-hydrogen) atoms. The fourth-order valence-electron chi connectivity index (χ4n) is 1.47. The van der Waals surface area contributed by atoms with E-state index in [-0.39, 0.29) is 0 Å². The molecule has 0 radical (unpaired) electrons. The Morgan fingerprint density at radius 2 is 2.45 bits per heavy atom. The molecule has 1 rings (SSSR count). The van der Waals surface area contributed by atoms with E-state index in [1.54, 1.807) is 0 Å². The molecule has 1 saturated carbocycles. The zero-order valence-electron chi connectivity index (χ0n) is 6.97. The first-order valence-corrected chi connectivity index (χ1v) is 4.25. The maximum Gasteiger partial charge on any atom is 0.137 e. The molecule has 60 valence electrons. The van der Waals surface area contributed by atoms with E-state index in [0.717, 1.165) is 12.8 Å². The fraction of sp³-hybridized carbons (Fsp3) is 0.700. The van der Waals surface area contributed by atoms with Crippen molar-refractivity contribution in [3.8, 4) is 12.3 Å². The van der Waals surface area contributed by atoms with Gasteiger partial charge in [-0.05, 0) is 12.3 Å². The number of Topliss-reactive ketones (excluding diaryl/α,β-unsaturated/α-hetero) is 1. The predicted molar refractivity (Wildman–Crippen MR) is 45.0 cm³/mol. The maximum atomic E-state index is 11.2. The molecular formula is C10H14O. The quantitative estimate of drug-likeness (QED) is 0.560. The van der Waals surface area contributed by atoms with Crippen LogP contribution in [0.2, 0.25) is 0 Å². The second-order valence-corrected chi connectivity index (χ2v) is 3.18. The maximum absolute atomic E-state index is 11.2. The molecule has 0 aromatic heterocycles. The van der Waals surface area contributed by atoms with E-state index < -0.39 is 0 Å². The van der Waals surface area contributed by atoms with Crippen LogP contribution in [0.1, 0.15) is 32.6 Å². The largest absolute Gasteiger partial charge is 0.299 e. The molecule has 1 heteroatoms. The molecule has 0 unspecified atom stereocenters. The monoisotopic (exact) mass is 150 g/mol. The van der Waals surface area contributed by atoms with Crippen molar-refractivity contribution in [1.29, 1.82) is 0 Å². The Bertz CT molecular complexity index is 188. The van der Waals surface area contributed by atoms with Gasteiger partial charge in [0.1, 0.15) is 5.78 Å². The highest BCUT2D eigenvalue weighted by Gasteiger charge is 2.40. The second-order valence-electron chi connectivity index (χ2n) is 3.18.